The topological polar surface area (TPSA) is 63.0 Å². The molecule has 1 aromatic carbocycles. The summed E-state index contributed by atoms with van der Waals surface area (Å²) in [6.07, 6.45) is 4.52. The van der Waals surface area contributed by atoms with Gasteiger partial charge in [0.25, 0.3) is 5.91 Å². The van der Waals surface area contributed by atoms with E-state index >= 15 is 0 Å². The van der Waals surface area contributed by atoms with Gasteiger partial charge in [-0.2, -0.15) is 0 Å². The summed E-state index contributed by atoms with van der Waals surface area (Å²) >= 11 is 1.73. The SMILES string of the molecule is Cc1ccccc1OCC1c2ccsc2CCN1C(=O)CN(CC1CC1)C(=O)c1ccco1. The number of rotatable bonds is 8. The molecule has 6 nitrogen and oxygen atoms in total. The number of hydrogen-bond acceptors (Lipinski definition) is 5. The van der Waals surface area contributed by atoms with Crippen LogP contribution in [0.15, 0.2) is 58.5 Å². The maximum Gasteiger partial charge on any atom is 0.290 e. The first-order valence-electron chi connectivity index (χ1n) is 11.5. The molecule has 0 N–H and O–H groups in total. The van der Waals surface area contributed by atoms with Crippen LogP contribution in [0.5, 0.6) is 5.75 Å². The van der Waals surface area contributed by atoms with Crippen LogP contribution < -0.4 is 4.74 Å². The molecule has 0 saturated heterocycles. The molecule has 1 saturated carbocycles. The predicted octanol–water partition coefficient (Wildman–Crippen LogP) is 4.71. The lowest BCUT2D eigenvalue weighted by Crippen LogP contribution is -2.48. The molecule has 2 aromatic heterocycles. The second-order valence-electron chi connectivity index (χ2n) is 8.83. The number of hydrogen-bond donors (Lipinski definition) is 0. The average Bonchev–Trinajstić information content (AvgIpc) is 3.26. The smallest absolute Gasteiger partial charge is 0.290 e. The Labute approximate surface area is 197 Å². The first-order chi connectivity index (χ1) is 16.1. The molecule has 1 aliphatic carbocycles. The minimum absolute atomic E-state index is 0.0502. The van der Waals surface area contributed by atoms with Gasteiger partial charge in [-0.3, -0.25) is 9.59 Å². The number of furan rings is 1. The van der Waals surface area contributed by atoms with E-state index in [-0.39, 0.29) is 30.2 Å². The molecule has 0 bridgehead atoms. The van der Waals surface area contributed by atoms with E-state index in [1.165, 1.54) is 11.1 Å². The first kappa shape index (κ1) is 21.8. The molecule has 3 heterocycles. The number of aryl methyl sites for hydroxylation is 1. The van der Waals surface area contributed by atoms with Crippen LogP contribution in [0.1, 0.15) is 45.4 Å². The summed E-state index contributed by atoms with van der Waals surface area (Å²) in [5, 5.41) is 2.08. The van der Waals surface area contributed by atoms with Gasteiger partial charge in [0.05, 0.1) is 12.3 Å². The Morgan fingerprint density at radius 3 is 2.79 bits per heavy atom. The van der Waals surface area contributed by atoms with E-state index < -0.39 is 0 Å². The second-order valence-corrected chi connectivity index (χ2v) is 9.84. The summed E-state index contributed by atoms with van der Waals surface area (Å²) in [7, 11) is 0. The monoisotopic (exact) mass is 464 g/mol. The Morgan fingerprint density at radius 2 is 2.03 bits per heavy atom. The van der Waals surface area contributed by atoms with Gasteiger partial charge >= 0.3 is 0 Å². The summed E-state index contributed by atoms with van der Waals surface area (Å²) in [5.41, 5.74) is 2.22. The highest BCUT2D eigenvalue weighted by atomic mass is 32.1. The highest BCUT2D eigenvalue weighted by molar-refractivity contribution is 7.10. The number of amides is 2. The highest BCUT2D eigenvalue weighted by Gasteiger charge is 2.35. The number of carbonyl (C=O) groups is 2. The average molecular weight is 465 g/mol. The molecule has 0 spiro atoms. The Morgan fingerprint density at radius 1 is 1.18 bits per heavy atom. The van der Waals surface area contributed by atoms with Gasteiger partial charge in [0.2, 0.25) is 5.91 Å². The van der Waals surface area contributed by atoms with Gasteiger partial charge in [0.15, 0.2) is 5.76 Å². The zero-order valence-corrected chi connectivity index (χ0v) is 19.6. The van der Waals surface area contributed by atoms with Crippen molar-refractivity contribution < 1.29 is 18.7 Å². The first-order valence-corrected chi connectivity index (χ1v) is 12.3. The number of ether oxygens (including phenoxy) is 1. The Bertz CT molecular complexity index is 1120. The van der Waals surface area contributed by atoms with Crippen molar-refractivity contribution in [2.75, 3.05) is 26.2 Å². The highest BCUT2D eigenvalue weighted by Crippen LogP contribution is 2.35. The van der Waals surface area contributed by atoms with Crippen molar-refractivity contribution in [2.24, 2.45) is 5.92 Å². The van der Waals surface area contributed by atoms with E-state index in [1.807, 2.05) is 36.1 Å². The van der Waals surface area contributed by atoms with Crippen LogP contribution in [0, 0.1) is 12.8 Å². The predicted molar refractivity (Wildman–Crippen MR) is 126 cm³/mol. The van der Waals surface area contributed by atoms with Gasteiger partial charge in [-0.25, -0.2) is 0 Å². The van der Waals surface area contributed by atoms with Gasteiger partial charge in [-0.05, 0) is 72.9 Å². The number of benzene rings is 1. The number of fused-ring (bicyclic) bond motifs is 1. The molecule has 1 fully saturated rings. The molecule has 1 atom stereocenters. The van der Waals surface area contributed by atoms with Crippen molar-refractivity contribution in [2.45, 2.75) is 32.2 Å². The zero-order chi connectivity index (χ0) is 22.8. The standard InChI is InChI=1S/C26H28N2O4S/c1-18-5-2-3-6-22(18)32-17-21-20-11-14-33-24(20)10-12-28(21)25(29)16-27(15-19-8-9-19)26(30)23-7-4-13-31-23/h2-7,11,13-14,19,21H,8-10,12,15-17H2,1H3. The normalized spacial score (nSPS) is 17.5. The van der Waals surface area contributed by atoms with Crippen LogP contribution in [0.2, 0.25) is 0 Å². The maximum atomic E-state index is 13.6. The van der Waals surface area contributed by atoms with Crippen molar-refractivity contribution in [3.63, 3.8) is 0 Å². The third-order valence-electron chi connectivity index (χ3n) is 6.43. The molecule has 7 heteroatoms. The number of nitrogens with zero attached hydrogens (tertiary/aromatic N) is 2. The summed E-state index contributed by atoms with van der Waals surface area (Å²) < 4.78 is 11.5. The van der Waals surface area contributed by atoms with Gasteiger partial charge in [-0.1, -0.05) is 18.2 Å². The van der Waals surface area contributed by atoms with E-state index in [0.717, 1.165) is 36.1 Å². The number of para-hydroxylation sites is 1. The molecule has 2 amide bonds. The van der Waals surface area contributed by atoms with E-state index in [0.29, 0.717) is 25.6 Å². The zero-order valence-electron chi connectivity index (χ0n) is 18.7. The van der Waals surface area contributed by atoms with Gasteiger partial charge in [0.1, 0.15) is 18.9 Å². The molecule has 172 valence electrons. The van der Waals surface area contributed by atoms with Crippen LogP contribution >= 0.6 is 11.3 Å². The van der Waals surface area contributed by atoms with Gasteiger partial charge in [0, 0.05) is 18.0 Å². The van der Waals surface area contributed by atoms with Gasteiger partial charge < -0.3 is 19.0 Å². The molecule has 0 radical (unpaired) electrons. The largest absolute Gasteiger partial charge is 0.491 e. The Balaban J connectivity index is 1.34. The molecule has 1 aliphatic heterocycles. The molecule has 1 unspecified atom stereocenters. The van der Waals surface area contributed by atoms with Crippen molar-refractivity contribution in [1.82, 2.24) is 9.80 Å². The number of carbonyl (C=O) groups excluding carboxylic acids is 2. The van der Waals surface area contributed by atoms with Crippen molar-refractivity contribution >= 4 is 23.2 Å². The third kappa shape index (κ3) is 4.83. The fourth-order valence-electron chi connectivity index (χ4n) is 4.40. The minimum atomic E-state index is -0.221. The summed E-state index contributed by atoms with van der Waals surface area (Å²) in [4.78, 5) is 31.4. The van der Waals surface area contributed by atoms with Crippen LogP contribution in [0.25, 0.3) is 0 Å². The van der Waals surface area contributed by atoms with E-state index in [2.05, 4.69) is 11.4 Å². The van der Waals surface area contributed by atoms with Crippen LogP contribution in [0.4, 0.5) is 0 Å². The lowest BCUT2D eigenvalue weighted by molar-refractivity contribution is -0.135. The second kappa shape index (κ2) is 9.43. The fourth-order valence-corrected chi connectivity index (χ4v) is 5.33. The van der Waals surface area contributed by atoms with Crippen LogP contribution in [-0.4, -0.2) is 47.9 Å². The molecule has 5 rings (SSSR count). The summed E-state index contributed by atoms with van der Waals surface area (Å²) in [5.74, 6) is 1.31. The van der Waals surface area contributed by atoms with Crippen LogP contribution in [0.3, 0.4) is 0 Å². The molecule has 2 aliphatic rings. The van der Waals surface area contributed by atoms with Crippen molar-refractivity contribution in [3.8, 4) is 5.75 Å². The van der Waals surface area contributed by atoms with Crippen molar-refractivity contribution in [3.05, 3.63) is 75.9 Å². The molecular weight excluding hydrogens is 436 g/mol. The third-order valence-corrected chi connectivity index (χ3v) is 7.42. The maximum absolute atomic E-state index is 13.6. The Hall–Kier alpha value is -3.06. The Kier molecular flexibility index (Phi) is 6.22. The summed E-state index contributed by atoms with van der Waals surface area (Å²) in [6.45, 7) is 3.67. The van der Waals surface area contributed by atoms with E-state index in [4.69, 9.17) is 9.15 Å². The van der Waals surface area contributed by atoms with Crippen LogP contribution in [-0.2, 0) is 11.2 Å². The van der Waals surface area contributed by atoms with Crippen molar-refractivity contribution in [1.29, 1.82) is 0 Å². The minimum Gasteiger partial charge on any atom is -0.491 e. The molecule has 33 heavy (non-hydrogen) atoms. The van der Waals surface area contributed by atoms with E-state index in [1.54, 1.807) is 28.4 Å². The van der Waals surface area contributed by atoms with Gasteiger partial charge in [-0.15, -0.1) is 11.3 Å². The van der Waals surface area contributed by atoms with E-state index in [9.17, 15) is 9.59 Å². The quantitative estimate of drug-likeness (QED) is 0.485. The lowest BCUT2D eigenvalue weighted by atomic mass is 10.00. The molecular formula is C26H28N2O4S. The lowest BCUT2D eigenvalue weighted by Gasteiger charge is -2.37. The molecule has 3 aromatic rings. The number of thiophene rings is 1. The summed E-state index contributed by atoms with van der Waals surface area (Å²) in [6, 6.07) is 13.2. The fraction of sp³-hybridized carbons (Fsp3) is 0.385.